The van der Waals surface area contributed by atoms with Crippen LogP contribution in [0.3, 0.4) is 0 Å². The van der Waals surface area contributed by atoms with Crippen molar-refractivity contribution in [3.05, 3.63) is 107 Å². The van der Waals surface area contributed by atoms with Gasteiger partial charge < -0.3 is 46.3 Å². The number of nitrogens with one attached hydrogen (secondary N) is 4. The molecule has 314 valence electrons. The van der Waals surface area contributed by atoms with Gasteiger partial charge in [0.2, 0.25) is 23.6 Å². The summed E-state index contributed by atoms with van der Waals surface area (Å²) in [5, 5.41) is 8.29. The predicted molar refractivity (Wildman–Crippen MR) is 205 cm³/mol. The third-order valence-corrected chi connectivity index (χ3v) is 10.8. The topological polar surface area (TPSA) is 219 Å². The quantitative estimate of drug-likeness (QED) is 0.0732. The minimum Gasteiger partial charge on any atom is -0.370 e. The van der Waals surface area contributed by atoms with Crippen molar-refractivity contribution >= 4 is 49.0 Å². The Labute approximate surface area is 336 Å². The number of carbonyl (C=O) groups excluding carboxylic acids is 5. The van der Waals surface area contributed by atoms with E-state index in [0.717, 1.165) is 12.1 Å². The number of H-pyrrole nitrogens is 1. The second-order valence-electron chi connectivity index (χ2n) is 14.5. The molecular weight excluding hydrogens is 801 g/mol. The first-order chi connectivity index (χ1) is 28.0. The maximum Gasteiger partial charge on any atom is 0.389 e. The van der Waals surface area contributed by atoms with E-state index in [2.05, 4.69) is 25.5 Å². The van der Waals surface area contributed by atoms with Crippen LogP contribution in [0.4, 0.5) is 17.6 Å². The molecule has 2 aliphatic rings. The normalized spacial score (nSPS) is 19.3. The summed E-state index contributed by atoms with van der Waals surface area (Å²) >= 11 is 0. The van der Waals surface area contributed by atoms with Crippen LogP contribution in [0, 0.1) is 11.6 Å². The second kappa shape index (κ2) is 18.2. The van der Waals surface area contributed by atoms with Gasteiger partial charge in [-0.15, -0.1) is 0 Å². The number of hydrogen-bond donors (Lipinski definition) is 7. The maximum atomic E-state index is 14.4. The lowest BCUT2D eigenvalue weighted by atomic mass is 9.97. The lowest BCUT2D eigenvalue weighted by molar-refractivity contribution is -0.189. The molecule has 8 N–H and O–H groups in total. The largest absolute Gasteiger partial charge is 0.389 e. The lowest BCUT2D eigenvalue weighted by Crippen LogP contribution is -2.61. The summed E-state index contributed by atoms with van der Waals surface area (Å²) in [6.07, 6.45) is -3.45. The number of nitrogens with zero attached hydrogens (tertiary/aromatic N) is 2. The first-order valence-corrected chi connectivity index (χ1v) is 19.7. The van der Waals surface area contributed by atoms with Gasteiger partial charge in [0.1, 0.15) is 35.5 Å². The fourth-order valence-corrected chi connectivity index (χ4v) is 7.83. The number of carbonyl (C=O) groups is 5. The molecular formula is C39H42F4N7O8P. The molecule has 0 saturated carbocycles. The van der Waals surface area contributed by atoms with Crippen LogP contribution in [-0.4, -0.2) is 98.4 Å². The first kappa shape index (κ1) is 43.1. The Kier molecular flexibility index (Phi) is 13.3. The predicted octanol–water partition coefficient (Wildman–Crippen LogP) is 3.17. The summed E-state index contributed by atoms with van der Waals surface area (Å²) in [6.45, 7) is 0.544. The number of halogens is 4. The number of aromatic amines is 1. The average molecular weight is 844 g/mol. The molecule has 0 radical (unpaired) electrons. The first-order valence-electron chi connectivity index (χ1n) is 18.6. The molecule has 20 heteroatoms. The van der Waals surface area contributed by atoms with Crippen molar-refractivity contribution in [3.63, 3.8) is 0 Å². The Hall–Kier alpha value is -5.46. The van der Waals surface area contributed by atoms with Gasteiger partial charge in [-0.05, 0) is 98.9 Å². The molecule has 15 nitrogen and oxygen atoms in total. The molecule has 0 bridgehead atoms. The molecule has 0 spiro atoms. The van der Waals surface area contributed by atoms with E-state index in [9.17, 15) is 41.5 Å². The Morgan fingerprint density at radius 2 is 1.64 bits per heavy atom. The monoisotopic (exact) mass is 843 g/mol. The molecule has 0 aliphatic carbocycles. The highest BCUT2D eigenvalue weighted by Gasteiger charge is 2.45. The second-order valence-corrected chi connectivity index (χ2v) is 15.2. The van der Waals surface area contributed by atoms with E-state index >= 15 is 0 Å². The number of alkyl halides is 2. The van der Waals surface area contributed by atoms with Gasteiger partial charge in [-0.25, -0.2) is 13.3 Å². The van der Waals surface area contributed by atoms with Crippen LogP contribution in [0.25, 0.3) is 10.9 Å². The van der Waals surface area contributed by atoms with Gasteiger partial charge in [0.15, 0.2) is 0 Å². The molecule has 1 aromatic heterocycles. The van der Waals surface area contributed by atoms with E-state index < -0.39 is 91.7 Å². The fourth-order valence-electron chi connectivity index (χ4n) is 7.52. The zero-order valence-electron chi connectivity index (χ0n) is 31.5. The number of nitrogens with two attached hydrogens (primary N) is 1. The van der Waals surface area contributed by atoms with E-state index in [0.29, 0.717) is 19.4 Å². The number of aromatic nitrogens is 1. The van der Waals surface area contributed by atoms with Crippen LogP contribution in [0.15, 0.2) is 72.8 Å². The highest BCUT2D eigenvalue weighted by Crippen LogP contribution is 2.42. The molecule has 59 heavy (non-hydrogen) atoms. The summed E-state index contributed by atoms with van der Waals surface area (Å²) in [6, 6.07) is 10.1. The van der Waals surface area contributed by atoms with E-state index in [1.165, 1.54) is 65.6 Å². The maximum absolute atomic E-state index is 14.4. The summed E-state index contributed by atoms with van der Waals surface area (Å²) in [5.41, 5.74) is 5.48. The van der Waals surface area contributed by atoms with Gasteiger partial charge in [-0.3, -0.25) is 24.0 Å². The summed E-state index contributed by atoms with van der Waals surface area (Å²) in [7, 11) is -1.60. The van der Waals surface area contributed by atoms with Crippen molar-refractivity contribution in [2.24, 2.45) is 5.73 Å². The zero-order chi connectivity index (χ0) is 42.6. The van der Waals surface area contributed by atoms with Crippen LogP contribution >= 0.6 is 8.60 Å². The molecule has 6 rings (SSSR count). The molecule has 2 saturated heterocycles. The highest BCUT2D eigenvalue weighted by molar-refractivity contribution is 7.39. The number of benzene rings is 3. The Bertz CT molecular complexity index is 2180. The molecule has 3 heterocycles. The van der Waals surface area contributed by atoms with E-state index in [1.807, 2.05) is 4.90 Å². The average Bonchev–Trinajstić information content (AvgIpc) is 3.80. The van der Waals surface area contributed by atoms with E-state index in [-0.39, 0.29) is 53.5 Å². The number of primary amides is 1. The number of amides is 5. The van der Waals surface area contributed by atoms with Gasteiger partial charge >= 0.3 is 14.7 Å². The van der Waals surface area contributed by atoms with Gasteiger partial charge in [0, 0.05) is 29.9 Å². The molecule has 2 fully saturated rings. The van der Waals surface area contributed by atoms with Gasteiger partial charge in [-0.1, -0.05) is 24.3 Å². The third-order valence-electron chi connectivity index (χ3n) is 10.4. The third kappa shape index (κ3) is 10.4. The standard InChI is InChI=1S/C39H42F4N7O8P/c1-49-15-14-27-9-12-32(50(27)38(55)31(20-49)47-36(53)30-19-23-16-24(8-10-28(23)45-30)39(42,43)58-59(56)57)37(54)46-29(11-13-33(44)51)35(52)48-34(21-4-2-6-25(40)17-21)22-5-3-7-26(41)18-22/h2-8,10,16-19,27,29,31-32,34,45,56-57H,9,11-15,20H2,1H3,(H2,44,51)(H,46,54)(H,47,53)(H,48,52)/t27-,29+,31+,32+/m1/s1. The number of rotatable bonds is 14. The van der Waals surface area contributed by atoms with Crippen molar-refractivity contribution in [1.82, 2.24) is 30.7 Å². The SMILES string of the molecule is CN1CC[C@H]2CC[C@@H](C(=O)N[C@@H](CCC(N)=O)C(=O)NC(c3cccc(F)c3)c3cccc(F)c3)N2C(=O)[C@@H](NC(=O)c2cc3cc(C(F)(F)OP(O)O)ccc3[nH]2)C1. The molecule has 3 aromatic carbocycles. The minimum atomic E-state index is -4.03. The minimum absolute atomic E-state index is 0.0482. The fraction of sp³-hybridized carbons (Fsp3) is 0.359. The van der Waals surface area contributed by atoms with Crippen molar-refractivity contribution in [2.45, 2.75) is 68.4 Å². The van der Waals surface area contributed by atoms with Gasteiger partial charge in [0.05, 0.1) is 11.6 Å². The van der Waals surface area contributed by atoms with Crippen LogP contribution in [-0.2, 0) is 29.8 Å². The Morgan fingerprint density at radius 1 is 0.966 bits per heavy atom. The summed E-state index contributed by atoms with van der Waals surface area (Å²) in [4.78, 5) is 91.7. The van der Waals surface area contributed by atoms with E-state index in [4.69, 9.17) is 15.5 Å². The zero-order valence-corrected chi connectivity index (χ0v) is 32.4. The van der Waals surface area contributed by atoms with Crippen LogP contribution in [0.1, 0.15) is 65.3 Å². The lowest BCUT2D eigenvalue weighted by Gasteiger charge is -2.38. The van der Waals surface area contributed by atoms with Crippen LogP contribution < -0.4 is 21.7 Å². The molecule has 4 atom stereocenters. The van der Waals surface area contributed by atoms with Crippen molar-refractivity contribution in [2.75, 3.05) is 20.1 Å². The smallest absolute Gasteiger partial charge is 0.370 e. The molecule has 5 amide bonds. The van der Waals surface area contributed by atoms with Crippen LogP contribution in [0.2, 0.25) is 0 Å². The Balaban J connectivity index is 1.21. The van der Waals surface area contributed by atoms with Gasteiger partial charge in [0.25, 0.3) is 5.91 Å². The molecule has 4 aromatic rings. The molecule has 2 aliphatic heterocycles. The number of hydrogen-bond acceptors (Lipinski definition) is 9. The van der Waals surface area contributed by atoms with E-state index in [1.54, 1.807) is 7.05 Å². The van der Waals surface area contributed by atoms with Crippen molar-refractivity contribution < 1.29 is 55.8 Å². The van der Waals surface area contributed by atoms with Crippen molar-refractivity contribution in [1.29, 1.82) is 0 Å². The summed E-state index contributed by atoms with van der Waals surface area (Å²) in [5.74, 6) is -4.80. The van der Waals surface area contributed by atoms with Crippen LogP contribution in [0.5, 0.6) is 0 Å². The number of fused-ring (bicyclic) bond motifs is 2. The molecule has 0 unspecified atom stereocenters. The number of likely N-dealkylation sites (N-methyl/N-ethyl adjacent to an activating group) is 1. The van der Waals surface area contributed by atoms with Gasteiger partial charge in [-0.2, -0.15) is 8.78 Å². The summed E-state index contributed by atoms with van der Waals surface area (Å²) < 4.78 is 61.4. The highest BCUT2D eigenvalue weighted by atomic mass is 31.2. The Morgan fingerprint density at radius 3 is 2.27 bits per heavy atom. The van der Waals surface area contributed by atoms with Crippen molar-refractivity contribution in [3.8, 4) is 0 Å².